The Bertz CT molecular complexity index is 983. The van der Waals surface area contributed by atoms with Gasteiger partial charge in [-0.15, -0.1) is 0 Å². The first-order valence-electron chi connectivity index (χ1n) is 10.8. The molecule has 0 spiro atoms. The van der Waals surface area contributed by atoms with Crippen molar-refractivity contribution >= 4 is 13.9 Å². The summed E-state index contributed by atoms with van der Waals surface area (Å²) in [5.74, 6) is 0.421. The van der Waals surface area contributed by atoms with Crippen LogP contribution in [0.2, 0.25) is 0 Å². The van der Waals surface area contributed by atoms with Gasteiger partial charge in [-0.25, -0.2) is 0 Å². The maximum absolute atomic E-state index is 11.1. The van der Waals surface area contributed by atoms with Crippen LogP contribution in [0.4, 0.5) is 0 Å². The van der Waals surface area contributed by atoms with E-state index in [1.165, 1.54) is 10.9 Å². The van der Waals surface area contributed by atoms with E-state index in [-0.39, 0.29) is 5.16 Å². The lowest BCUT2D eigenvalue weighted by molar-refractivity contribution is 0.221. The topological polar surface area (TPSA) is 40.5 Å². The van der Waals surface area contributed by atoms with Crippen molar-refractivity contribution in [2.75, 3.05) is 0 Å². The normalized spacial score (nSPS) is 14.7. The van der Waals surface area contributed by atoms with E-state index in [0.717, 1.165) is 41.5 Å². The number of hydrogen-bond donors (Lipinski definition) is 2. The van der Waals surface area contributed by atoms with Gasteiger partial charge in [-0.1, -0.05) is 101 Å². The van der Waals surface area contributed by atoms with Gasteiger partial charge in [0, 0.05) is 10.7 Å². The van der Waals surface area contributed by atoms with Gasteiger partial charge in [0.1, 0.15) is 11.9 Å². The molecule has 0 aliphatic rings. The highest BCUT2D eigenvalue weighted by molar-refractivity contribution is 7.48. The first kappa shape index (κ1) is 22.5. The van der Waals surface area contributed by atoms with Gasteiger partial charge in [-0.05, 0) is 48.7 Å². The summed E-state index contributed by atoms with van der Waals surface area (Å²) in [6.07, 6.45) is 2.31. The Hall–Kier alpha value is -2.15. The van der Waals surface area contributed by atoms with Gasteiger partial charge in [0.25, 0.3) is 0 Å². The van der Waals surface area contributed by atoms with Crippen molar-refractivity contribution in [3.8, 4) is 5.75 Å². The minimum absolute atomic E-state index is 0.151. The van der Waals surface area contributed by atoms with E-state index in [1.807, 2.05) is 55.5 Å². The van der Waals surface area contributed by atoms with E-state index in [2.05, 4.69) is 39.0 Å². The fraction of sp³-hybridized carbons (Fsp3) is 0.333. The third-order valence-electron chi connectivity index (χ3n) is 5.99. The second-order valence-electron chi connectivity index (χ2n) is 8.19. The molecule has 3 heteroatoms. The molecule has 0 aromatic heterocycles. The molecule has 0 aliphatic carbocycles. The van der Waals surface area contributed by atoms with Crippen LogP contribution in [0, 0.1) is 13.8 Å². The molecule has 0 radical (unpaired) electrons. The fourth-order valence-corrected chi connectivity index (χ4v) is 6.33. The van der Waals surface area contributed by atoms with Crippen molar-refractivity contribution in [2.45, 2.75) is 58.2 Å². The van der Waals surface area contributed by atoms with Crippen LogP contribution in [0.1, 0.15) is 67.0 Å². The van der Waals surface area contributed by atoms with Crippen molar-refractivity contribution in [2.24, 2.45) is 0 Å². The van der Waals surface area contributed by atoms with Gasteiger partial charge in [0.15, 0.2) is 0 Å². The van der Waals surface area contributed by atoms with Crippen LogP contribution >= 0.6 is 8.58 Å². The quantitative estimate of drug-likeness (QED) is 0.408. The molecule has 0 aliphatic heterocycles. The first-order chi connectivity index (χ1) is 14.4. The average molecular weight is 421 g/mol. The molecule has 0 bridgehead atoms. The lowest BCUT2D eigenvalue weighted by atomic mass is 9.88. The monoisotopic (exact) mass is 420 g/mol. The molecule has 0 heterocycles. The lowest BCUT2D eigenvalue weighted by Crippen LogP contribution is -2.25. The highest BCUT2D eigenvalue weighted by Crippen LogP contribution is 2.52. The second kappa shape index (κ2) is 9.77. The van der Waals surface area contributed by atoms with E-state index < -0.39 is 6.10 Å². The maximum atomic E-state index is 11.1. The second-order valence-corrected chi connectivity index (χ2v) is 9.93. The number of benzene rings is 3. The summed E-state index contributed by atoms with van der Waals surface area (Å²) >= 11 is 0. The van der Waals surface area contributed by atoms with Crippen LogP contribution < -0.4 is 5.30 Å². The third kappa shape index (κ3) is 4.61. The van der Waals surface area contributed by atoms with E-state index in [4.69, 9.17) is 0 Å². The van der Waals surface area contributed by atoms with E-state index in [9.17, 15) is 10.2 Å². The Morgan fingerprint density at radius 3 is 2.27 bits per heavy atom. The van der Waals surface area contributed by atoms with E-state index in [0.29, 0.717) is 14.3 Å². The van der Waals surface area contributed by atoms with Crippen LogP contribution in [0.25, 0.3) is 0 Å². The summed E-state index contributed by atoms with van der Waals surface area (Å²) in [6, 6.07) is 22.3. The molecule has 0 fully saturated rings. The van der Waals surface area contributed by atoms with Crippen LogP contribution in [0.15, 0.2) is 66.7 Å². The zero-order valence-electron chi connectivity index (χ0n) is 18.4. The number of hydrogen-bond acceptors (Lipinski definition) is 2. The number of rotatable bonds is 8. The molecule has 3 atom stereocenters. The molecule has 0 saturated carbocycles. The average Bonchev–Trinajstić information content (AvgIpc) is 2.76. The SMILES string of the molecule is CCCC(CC)(Pc1ccccc1C(O)c1ccccc1)c1cc(C)cc(C)c1O. The molecular weight excluding hydrogens is 387 g/mol. The number of aliphatic hydroxyl groups excluding tert-OH is 1. The molecular formula is C27H33O2P. The van der Waals surface area contributed by atoms with Crippen LogP contribution in [-0.4, -0.2) is 10.2 Å². The molecule has 3 rings (SSSR count). The lowest BCUT2D eigenvalue weighted by Gasteiger charge is -2.36. The predicted molar refractivity (Wildman–Crippen MR) is 129 cm³/mol. The molecule has 2 N–H and O–H groups in total. The maximum Gasteiger partial charge on any atom is 0.122 e. The summed E-state index contributed by atoms with van der Waals surface area (Å²) < 4.78 is 0. The minimum Gasteiger partial charge on any atom is -0.507 e. The number of aromatic hydroxyl groups is 1. The minimum atomic E-state index is -0.654. The summed E-state index contributed by atoms with van der Waals surface area (Å²) in [5, 5.41) is 23.2. The van der Waals surface area contributed by atoms with Gasteiger partial charge in [0.05, 0.1) is 0 Å². The number of phenols is 1. The molecule has 3 unspecified atom stereocenters. The standard InChI is InChI=1S/C27H33O2P/c1-5-16-27(6-2,23-18-19(3)17-20(4)25(23)28)30-24-15-11-10-14-22(24)26(29)21-12-8-7-9-13-21/h7-15,17-18,26,28-30H,5-6,16H2,1-4H3. The Morgan fingerprint density at radius 2 is 1.60 bits per heavy atom. The largest absolute Gasteiger partial charge is 0.507 e. The van der Waals surface area contributed by atoms with Gasteiger partial charge >= 0.3 is 0 Å². The smallest absolute Gasteiger partial charge is 0.122 e. The highest BCUT2D eigenvalue weighted by atomic mass is 31.1. The van der Waals surface area contributed by atoms with Crippen molar-refractivity contribution < 1.29 is 10.2 Å². The first-order valence-corrected chi connectivity index (χ1v) is 11.8. The predicted octanol–water partition coefficient (Wildman–Crippen LogP) is 6.50. The Morgan fingerprint density at radius 1 is 0.933 bits per heavy atom. The molecule has 3 aromatic rings. The number of aryl methyl sites for hydroxylation is 2. The Labute approximate surface area is 182 Å². The van der Waals surface area contributed by atoms with E-state index in [1.54, 1.807) is 0 Å². The molecule has 3 aromatic carbocycles. The van der Waals surface area contributed by atoms with Crippen molar-refractivity contribution in [3.63, 3.8) is 0 Å². The summed E-state index contributed by atoms with van der Waals surface area (Å²) in [7, 11) is 0.456. The number of phenolic OH excluding ortho intramolecular Hbond substituents is 1. The zero-order valence-corrected chi connectivity index (χ0v) is 19.4. The third-order valence-corrected chi connectivity index (χ3v) is 8.06. The van der Waals surface area contributed by atoms with Crippen LogP contribution in [-0.2, 0) is 5.16 Å². The van der Waals surface area contributed by atoms with E-state index >= 15 is 0 Å². The van der Waals surface area contributed by atoms with Crippen LogP contribution in [0.5, 0.6) is 5.75 Å². The van der Waals surface area contributed by atoms with Crippen molar-refractivity contribution in [3.05, 3.63) is 94.5 Å². The summed E-state index contributed by atoms with van der Waals surface area (Å²) in [6.45, 7) is 8.50. The molecule has 0 amide bonds. The highest BCUT2D eigenvalue weighted by Gasteiger charge is 2.34. The number of aliphatic hydroxyl groups is 1. The van der Waals surface area contributed by atoms with Crippen molar-refractivity contribution in [1.82, 2.24) is 0 Å². The Kier molecular flexibility index (Phi) is 7.34. The molecule has 0 saturated heterocycles. The Balaban J connectivity index is 2.10. The van der Waals surface area contributed by atoms with Crippen molar-refractivity contribution in [1.29, 1.82) is 0 Å². The summed E-state index contributed by atoms with van der Waals surface area (Å²) in [5.41, 5.74) is 5.02. The molecule has 30 heavy (non-hydrogen) atoms. The van der Waals surface area contributed by atoms with Gasteiger partial charge in [-0.3, -0.25) is 0 Å². The zero-order chi connectivity index (χ0) is 21.7. The van der Waals surface area contributed by atoms with Gasteiger partial charge in [-0.2, -0.15) is 0 Å². The fourth-order valence-electron chi connectivity index (χ4n) is 4.39. The van der Waals surface area contributed by atoms with Gasteiger partial charge < -0.3 is 10.2 Å². The van der Waals surface area contributed by atoms with Gasteiger partial charge in [0.2, 0.25) is 0 Å². The van der Waals surface area contributed by atoms with Crippen LogP contribution in [0.3, 0.4) is 0 Å². The summed E-state index contributed by atoms with van der Waals surface area (Å²) in [4.78, 5) is 0. The molecule has 158 valence electrons. The molecule has 2 nitrogen and oxygen atoms in total.